The predicted octanol–water partition coefficient (Wildman–Crippen LogP) is 1.14. The van der Waals surface area contributed by atoms with Crippen LogP contribution in [-0.2, 0) is 14.3 Å². The molecular weight excluding hydrogens is 234 g/mol. The van der Waals surface area contributed by atoms with Gasteiger partial charge in [0.05, 0.1) is 12.1 Å². The van der Waals surface area contributed by atoms with Crippen LogP contribution in [0.2, 0.25) is 0 Å². The average molecular weight is 261 g/mol. The highest BCUT2D eigenvalue weighted by Gasteiger charge is 2.31. The third-order valence-corrected chi connectivity index (χ3v) is 2.34. The Labute approximate surface area is 110 Å². The second kappa shape index (κ2) is 8.21. The third-order valence-electron chi connectivity index (χ3n) is 2.34. The van der Waals surface area contributed by atoms with Crippen LogP contribution in [0.3, 0.4) is 0 Å². The van der Waals surface area contributed by atoms with Crippen molar-refractivity contribution >= 4 is 12.3 Å². The van der Waals surface area contributed by atoms with Gasteiger partial charge in [0.2, 0.25) is 0 Å². The quantitative estimate of drug-likeness (QED) is 0.726. The summed E-state index contributed by atoms with van der Waals surface area (Å²) in [5.74, 6) is 0.00194. The Bertz CT molecular complexity index is 252. The first-order valence-electron chi connectivity index (χ1n) is 5.99. The molecule has 0 heterocycles. The van der Waals surface area contributed by atoms with Crippen molar-refractivity contribution in [1.29, 1.82) is 0 Å². The van der Waals surface area contributed by atoms with Crippen LogP contribution in [-0.4, -0.2) is 42.2 Å². The van der Waals surface area contributed by atoms with Crippen LogP contribution in [0, 0.1) is 5.92 Å². The molecule has 0 aromatic rings. The van der Waals surface area contributed by atoms with Crippen molar-refractivity contribution in [3.8, 4) is 0 Å². The number of nitrogens with one attached hydrogen (secondary N) is 1. The number of rotatable bonds is 5. The molecule has 5 nitrogen and oxygen atoms in total. The molecule has 0 amide bonds. The van der Waals surface area contributed by atoms with E-state index in [1.165, 1.54) is 0 Å². The Kier molecular flexibility index (Phi) is 8.85. The molecule has 1 atom stereocenters. The van der Waals surface area contributed by atoms with Gasteiger partial charge in [-0.15, -0.1) is 0 Å². The van der Waals surface area contributed by atoms with E-state index in [0.717, 1.165) is 0 Å². The summed E-state index contributed by atoms with van der Waals surface area (Å²) in [6.45, 7) is 11.1. The lowest BCUT2D eigenvalue weighted by Gasteiger charge is -2.26. The number of hydrogen-bond donors (Lipinski definition) is 2. The molecule has 0 aliphatic rings. The summed E-state index contributed by atoms with van der Waals surface area (Å²) in [5, 5.41) is 11.7. The fraction of sp³-hybridized carbons (Fsp3) is 0.846. The van der Waals surface area contributed by atoms with Crippen LogP contribution < -0.4 is 5.32 Å². The molecule has 0 fully saturated rings. The maximum absolute atomic E-state index is 11.4. The summed E-state index contributed by atoms with van der Waals surface area (Å²) in [4.78, 5) is 21.0. The van der Waals surface area contributed by atoms with Crippen molar-refractivity contribution in [2.75, 3.05) is 13.7 Å². The van der Waals surface area contributed by atoms with Gasteiger partial charge in [0, 0.05) is 5.92 Å². The van der Waals surface area contributed by atoms with Crippen LogP contribution in [0.5, 0.6) is 0 Å². The first kappa shape index (κ1) is 19.4. The lowest BCUT2D eigenvalue weighted by atomic mass is 9.90. The maximum Gasteiger partial charge on any atom is 0.293 e. The van der Waals surface area contributed by atoms with Crippen molar-refractivity contribution in [2.24, 2.45) is 5.92 Å². The highest BCUT2D eigenvalue weighted by molar-refractivity contribution is 5.89. The van der Waals surface area contributed by atoms with Crippen LogP contribution in [0.4, 0.5) is 0 Å². The Morgan fingerprint density at radius 1 is 1.33 bits per heavy atom. The van der Waals surface area contributed by atoms with Gasteiger partial charge < -0.3 is 15.2 Å². The molecule has 0 radical (unpaired) electrons. The Morgan fingerprint density at radius 3 is 1.83 bits per heavy atom. The summed E-state index contributed by atoms with van der Waals surface area (Å²) in [6, 6.07) is 0. The molecule has 0 aliphatic heterocycles. The summed E-state index contributed by atoms with van der Waals surface area (Å²) in [5.41, 5.74) is -1.09. The Hall–Kier alpha value is -0.940. The average Bonchev–Trinajstić information content (AvgIpc) is 2.26. The molecule has 18 heavy (non-hydrogen) atoms. The second-order valence-electron chi connectivity index (χ2n) is 5.59. The van der Waals surface area contributed by atoms with Gasteiger partial charge in [0.25, 0.3) is 6.47 Å². The lowest BCUT2D eigenvalue weighted by Crippen LogP contribution is -2.52. The molecule has 0 saturated carbocycles. The van der Waals surface area contributed by atoms with Crippen LogP contribution in [0.15, 0.2) is 0 Å². The molecule has 2 N–H and O–H groups in total. The predicted molar refractivity (Wildman–Crippen MR) is 71.3 cm³/mol. The lowest BCUT2D eigenvalue weighted by molar-refractivity contribution is -0.138. The molecule has 1 unspecified atom stereocenters. The zero-order valence-electron chi connectivity index (χ0n) is 12.5. The van der Waals surface area contributed by atoms with Crippen LogP contribution >= 0.6 is 0 Å². The number of hydrogen-bond acceptors (Lipinski definition) is 5. The Morgan fingerprint density at radius 2 is 1.78 bits per heavy atom. The van der Waals surface area contributed by atoms with E-state index < -0.39 is 5.54 Å². The van der Waals surface area contributed by atoms with E-state index >= 15 is 0 Å². The zero-order valence-corrected chi connectivity index (χ0v) is 12.5. The van der Waals surface area contributed by atoms with Gasteiger partial charge in [-0.1, -0.05) is 13.8 Å². The topological polar surface area (TPSA) is 75.6 Å². The monoisotopic (exact) mass is 261 g/mol. The SMILES string of the molecule is CC(C)(C)OC=O.CNC(C)(CO)C(=O)C(C)C. The molecule has 108 valence electrons. The number of ether oxygens (including phenoxy) is 1. The first-order valence-corrected chi connectivity index (χ1v) is 5.99. The summed E-state index contributed by atoms with van der Waals surface area (Å²) < 4.78 is 4.55. The normalized spacial score (nSPS) is 14.3. The minimum Gasteiger partial charge on any atom is -0.462 e. The highest BCUT2D eigenvalue weighted by atomic mass is 16.5. The largest absolute Gasteiger partial charge is 0.462 e. The van der Waals surface area contributed by atoms with E-state index in [1.807, 2.05) is 34.6 Å². The van der Waals surface area contributed by atoms with Crippen molar-refractivity contribution < 1.29 is 19.4 Å². The second-order valence-corrected chi connectivity index (χ2v) is 5.59. The van der Waals surface area contributed by atoms with Crippen LogP contribution in [0.1, 0.15) is 41.5 Å². The van der Waals surface area contributed by atoms with E-state index in [-0.39, 0.29) is 23.9 Å². The number of carbonyl (C=O) groups excluding carboxylic acids is 2. The molecule has 0 bridgehead atoms. The standard InChI is InChI=1S/C8H17NO2.C5H10O2/c1-6(2)7(11)8(3,5-10)9-4;1-5(2,3)7-4-6/h6,9-10H,5H2,1-4H3;4H,1-3H3. The van der Waals surface area contributed by atoms with Gasteiger partial charge in [-0.3, -0.25) is 9.59 Å². The van der Waals surface area contributed by atoms with Crippen molar-refractivity contribution in [3.63, 3.8) is 0 Å². The van der Waals surface area contributed by atoms with Crippen LogP contribution in [0.25, 0.3) is 0 Å². The van der Waals surface area contributed by atoms with Crippen molar-refractivity contribution in [2.45, 2.75) is 52.7 Å². The van der Waals surface area contributed by atoms with E-state index in [0.29, 0.717) is 6.47 Å². The van der Waals surface area contributed by atoms with Gasteiger partial charge in [-0.05, 0) is 34.7 Å². The van der Waals surface area contributed by atoms with Gasteiger partial charge >= 0.3 is 0 Å². The molecule has 5 heteroatoms. The molecule has 0 aromatic heterocycles. The first-order chi connectivity index (χ1) is 8.04. The van der Waals surface area contributed by atoms with Gasteiger partial charge in [0.15, 0.2) is 5.78 Å². The fourth-order valence-corrected chi connectivity index (χ4v) is 1.06. The Balaban J connectivity index is 0. The number of aliphatic hydroxyl groups excluding tert-OH is 1. The minimum atomic E-state index is -0.770. The highest BCUT2D eigenvalue weighted by Crippen LogP contribution is 2.10. The van der Waals surface area contributed by atoms with E-state index in [1.54, 1.807) is 14.0 Å². The number of ketones is 1. The summed E-state index contributed by atoms with van der Waals surface area (Å²) in [6.07, 6.45) is 0. The van der Waals surface area contributed by atoms with Gasteiger partial charge in [0.1, 0.15) is 5.60 Å². The summed E-state index contributed by atoms with van der Waals surface area (Å²) in [7, 11) is 1.68. The fourth-order valence-electron chi connectivity index (χ4n) is 1.06. The van der Waals surface area contributed by atoms with Gasteiger partial charge in [-0.25, -0.2) is 0 Å². The number of aliphatic hydroxyl groups is 1. The molecule has 0 aliphatic carbocycles. The van der Waals surface area contributed by atoms with E-state index in [2.05, 4.69) is 10.1 Å². The smallest absolute Gasteiger partial charge is 0.293 e. The summed E-state index contributed by atoms with van der Waals surface area (Å²) >= 11 is 0. The molecular formula is C13H27NO4. The number of likely N-dealkylation sites (N-methyl/N-ethyl adjacent to an activating group) is 1. The van der Waals surface area contributed by atoms with Crippen molar-refractivity contribution in [3.05, 3.63) is 0 Å². The molecule has 0 rings (SSSR count). The minimum absolute atomic E-state index is 0.0420. The van der Waals surface area contributed by atoms with Gasteiger partial charge in [-0.2, -0.15) is 0 Å². The maximum atomic E-state index is 11.4. The van der Waals surface area contributed by atoms with E-state index in [9.17, 15) is 9.59 Å². The van der Waals surface area contributed by atoms with E-state index in [4.69, 9.17) is 5.11 Å². The molecule has 0 spiro atoms. The molecule has 0 saturated heterocycles. The third kappa shape index (κ3) is 8.20. The number of Topliss-reactive ketones (excluding diaryl/α,β-unsaturated/α-hetero) is 1. The molecule has 0 aromatic carbocycles. The zero-order chi connectivity index (χ0) is 15.0. The number of carbonyl (C=O) groups is 2. The van der Waals surface area contributed by atoms with Crippen molar-refractivity contribution in [1.82, 2.24) is 5.32 Å².